The smallest absolute Gasteiger partial charge is 0.408 e. The predicted molar refractivity (Wildman–Crippen MR) is 69.4 cm³/mol. The topological polar surface area (TPSA) is 84.1 Å². The molecule has 5 nitrogen and oxygen atoms in total. The van der Waals surface area contributed by atoms with E-state index in [1.54, 1.807) is 0 Å². The van der Waals surface area contributed by atoms with Gasteiger partial charge in [-0.3, -0.25) is 4.98 Å². The van der Waals surface area contributed by atoms with Crippen LogP contribution in [0.5, 0.6) is 0 Å². The fraction of sp³-hybridized carbons (Fsp3) is 0.462. The van der Waals surface area contributed by atoms with Crippen LogP contribution in [-0.4, -0.2) is 18.1 Å². The summed E-state index contributed by atoms with van der Waals surface area (Å²) < 4.78 is 5.06. The zero-order valence-electron chi connectivity index (χ0n) is 10.1. The predicted octanol–water partition coefficient (Wildman–Crippen LogP) is 1.12. The molecule has 1 saturated heterocycles. The molecule has 1 aromatic heterocycles. The van der Waals surface area contributed by atoms with E-state index in [1.807, 2.05) is 18.2 Å². The van der Waals surface area contributed by atoms with Crippen molar-refractivity contribution >= 4 is 11.1 Å². The highest BCUT2D eigenvalue weighted by molar-refractivity contribution is 5.72. The molecule has 96 valence electrons. The number of rotatable bonds is 2. The van der Waals surface area contributed by atoms with Crippen LogP contribution < -0.4 is 16.8 Å². The molecule has 2 unspecified atom stereocenters. The molecule has 0 amide bonds. The van der Waals surface area contributed by atoms with Crippen molar-refractivity contribution in [2.24, 2.45) is 11.7 Å². The molecule has 0 aliphatic carbocycles. The highest BCUT2D eigenvalue weighted by atomic mass is 16.4. The maximum atomic E-state index is 11.1. The zero-order valence-corrected chi connectivity index (χ0v) is 10.1. The standard InChI is InChI=1S/C13H17N3O2/c14-12(9-2-1-5-15-7-9)8-3-4-10-11(6-8)18-13(17)16-10/h3-4,6,9,12,15H,1-2,5,7,14H2,(H,16,17). The van der Waals surface area contributed by atoms with Gasteiger partial charge < -0.3 is 15.5 Å². The van der Waals surface area contributed by atoms with Crippen LogP contribution in [0, 0.1) is 5.92 Å². The highest BCUT2D eigenvalue weighted by Gasteiger charge is 2.22. The van der Waals surface area contributed by atoms with Crippen LogP contribution in [0.15, 0.2) is 27.4 Å². The first-order valence-electron chi connectivity index (χ1n) is 6.33. The summed E-state index contributed by atoms with van der Waals surface area (Å²) in [5.41, 5.74) is 8.62. The number of H-pyrrole nitrogens is 1. The molecule has 1 aromatic carbocycles. The fourth-order valence-corrected chi connectivity index (χ4v) is 2.63. The molecule has 18 heavy (non-hydrogen) atoms. The lowest BCUT2D eigenvalue weighted by Gasteiger charge is -2.28. The first-order valence-corrected chi connectivity index (χ1v) is 6.33. The van der Waals surface area contributed by atoms with Crippen molar-refractivity contribution in [3.8, 4) is 0 Å². The Labute approximate surface area is 104 Å². The molecule has 2 aromatic rings. The van der Waals surface area contributed by atoms with Crippen molar-refractivity contribution in [3.63, 3.8) is 0 Å². The normalized spacial score (nSPS) is 22.2. The molecule has 0 radical (unpaired) electrons. The van der Waals surface area contributed by atoms with E-state index in [2.05, 4.69) is 10.3 Å². The third-order valence-electron chi connectivity index (χ3n) is 3.67. The summed E-state index contributed by atoms with van der Waals surface area (Å²) in [6, 6.07) is 5.67. The quantitative estimate of drug-likeness (QED) is 0.742. The molecule has 0 bridgehead atoms. The molecule has 0 saturated carbocycles. The summed E-state index contributed by atoms with van der Waals surface area (Å²) in [6.45, 7) is 2.03. The van der Waals surface area contributed by atoms with E-state index in [9.17, 15) is 4.79 Å². The molecule has 2 heterocycles. The van der Waals surface area contributed by atoms with Gasteiger partial charge in [-0.1, -0.05) is 6.07 Å². The van der Waals surface area contributed by atoms with E-state index in [4.69, 9.17) is 10.2 Å². The first-order chi connectivity index (χ1) is 8.74. The van der Waals surface area contributed by atoms with E-state index in [1.165, 1.54) is 6.42 Å². The summed E-state index contributed by atoms with van der Waals surface area (Å²) in [5.74, 6) is 0.0249. The van der Waals surface area contributed by atoms with Crippen LogP contribution in [0.1, 0.15) is 24.4 Å². The zero-order chi connectivity index (χ0) is 12.5. The summed E-state index contributed by atoms with van der Waals surface area (Å²) in [6.07, 6.45) is 2.31. The number of piperidine rings is 1. The Morgan fingerprint density at radius 1 is 1.44 bits per heavy atom. The minimum absolute atomic E-state index is 0.0117. The number of aromatic nitrogens is 1. The fourth-order valence-electron chi connectivity index (χ4n) is 2.63. The number of benzene rings is 1. The van der Waals surface area contributed by atoms with Gasteiger partial charge >= 0.3 is 5.76 Å². The van der Waals surface area contributed by atoms with Gasteiger partial charge in [0.2, 0.25) is 0 Å². The van der Waals surface area contributed by atoms with Gasteiger partial charge in [-0.05, 0) is 49.5 Å². The summed E-state index contributed by atoms with van der Waals surface area (Å²) in [4.78, 5) is 13.7. The van der Waals surface area contributed by atoms with Gasteiger partial charge in [0.05, 0.1) is 5.52 Å². The van der Waals surface area contributed by atoms with E-state index in [-0.39, 0.29) is 6.04 Å². The van der Waals surface area contributed by atoms with E-state index < -0.39 is 5.76 Å². The summed E-state index contributed by atoms with van der Waals surface area (Å²) in [7, 11) is 0. The van der Waals surface area contributed by atoms with Crippen LogP contribution in [0.2, 0.25) is 0 Å². The minimum Gasteiger partial charge on any atom is -0.408 e. The van der Waals surface area contributed by atoms with Crippen LogP contribution in [0.3, 0.4) is 0 Å². The second-order valence-electron chi connectivity index (χ2n) is 4.90. The summed E-state index contributed by atoms with van der Waals surface area (Å²) in [5, 5.41) is 3.37. The first kappa shape index (κ1) is 11.5. The average Bonchev–Trinajstić information content (AvgIpc) is 2.78. The number of oxazole rings is 1. The lowest BCUT2D eigenvalue weighted by atomic mass is 9.88. The number of hydrogen-bond acceptors (Lipinski definition) is 4. The molecule has 1 aliphatic rings. The van der Waals surface area contributed by atoms with Gasteiger partial charge in [0.25, 0.3) is 0 Å². The van der Waals surface area contributed by atoms with Crippen LogP contribution in [0.4, 0.5) is 0 Å². The second-order valence-corrected chi connectivity index (χ2v) is 4.90. The molecule has 0 spiro atoms. The van der Waals surface area contributed by atoms with Gasteiger partial charge in [-0.2, -0.15) is 0 Å². The van der Waals surface area contributed by atoms with Crippen molar-refractivity contribution in [2.45, 2.75) is 18.9 Å². The van der Waals surface area contributed by atoms with E-state index in [0.717, 1.165) is 30.6 Å². The Hall–Kier alpha value is -1.59. The maximum Gasteiger partial charge on any atom is 0.417 e. The monoisotopic (exact) mass is 247 g/mol. The molecular formula is C13H17N3O2. The van der Waals surface area contributed by atoms with Gasteiger partial charge in [-0.15, -0.1) is 0 Å². The van der Waals surface area contributed by atoms with Gasteiger partial charge in [0.1, 0.15) is 0 Å². The molecule has 3 rings (SSSR count). The number of nitrogens with two attached hydrogens (primary N) is 1. The Morgan fingerprint density at radius 2 is 2.33 bits per heavy atom. The minimum atomic E-state index is -0.421. The Kier molecular flexibility index (Phi) is 2.93. The molecule has 2 atom stereocenters. The molecule has 5 heteroatoms. The number of hydrogen-bond donors (Lipinski definition) is 3. The van der Waals surface area contributed by atoms with Crippen molar-refractivity contribution < 1.29 is 4.42 Å². The second kappa shape index (κ2) is 4.59. The Bertz CT molecular complexity index is 596. The Balaban J connectivity index is 1.90. The van der Waals surface area contributed by atoms with Gasteiger partial charge in [0.15, 0.2) is 5.58 Å². The lowest BCUT2D eigenvalue weighted by molar-refractivity contribution is 0.326. The lowest BCUT2D eigenvalue weighted by Crippen LogP contribution is -2.36. The molecule has 4 N–H and O–H groups in total. The van der Waals surface area contributed by atoms with Crippen molar-refractivity contribution in [3.05, 3.63) is 34.3 Å². The number of fused-ring (bicyclic) bond motifs is 1. The van der Waals surface area contributed by atoms with Crippen molar-refractivity contribution in [1.29, 1.82) is 0 Å². The van der Waals surface area contributed by atoms with Crippen LogP contribution >= 0.6 is 0 Å². The Morgan fingerprint density at radius 3 is 3.11 bits per heavy atom. The third-order valence-corrected chi connectivity index (χ3v) is 3.67. The van der Waals surface area contributed by atoms with Gasteiger partial charge in [-0.25, -0.2) is 4.79 Å². The van der Waals surface area contributed by atoms with E-state index >= 15 is 0 Å². The molecule has 1 aliphatic heterocycles. The average molecular weight is 247 g/mol. The number of aromatic amines is 1. The van der Waals surface area contributed by atoms with Gasteiger partial charge in [0, 0.05) is 6.04 Å². The largest absolute Gasteiger partial charge is 0.417 e. The van der Waals surface area contributed by atoms with E-state index in [0.29, 0.717) is 11.5 Å². The third kappa shape index (κ3) is 2.07. The molecular weight excluding hydrogens is 230 g/mol. The van der Waals surface area contributed by atoms with Crippen LogP contribution in [-0.2, 0) is 0 Å². The van der Waals surface area contributed by atoms with Crippen LogP contribution in [0.25, 0.3) is 11.1 Å². The number of nitrogens with one attached hydrogen (secondary N) is 2. The summed E-state index contributed by atoms with van der Waals surface area (Å²) >= 11 is 0. The SMILES string of the molecule is NC(c1ccc2[nH]c(=O)oc2c1)C1CCCNC1. The maximum absolute atomic E-state index is 11.1. The van der Waals surface area contributed by atoms with Crippen molar-refractivity contribution in [1.82, 2.24) is 10.3 Å². The molecule has 1 fully saturated rings. The van der Waals surface area contributed by atoms with Crippen molar-refractivity contribution in [2.75, 3.05) is 13.1 Å². The highest BCUT2D eigenvalue weighted by Crippen LogP contribution is 2.26.